The van der Waals surface area contributed by atoms with E-state index in [1.54, 1.807) is 6.92 Å². The minimum Gasteiger partial charge on any atom is -0.438 e. The van der Waals surface area contributed by atoms with Crippen LogP contribution in [-0.2, 0) is 0 Å². The molecule has 3 heterocycles. The first kappa shape index (κ1) is 16.3. The molecule has 0 aromatic carbocycles. The third-order valence-corrected chi connectivity index (χ3v) is 3.88. The summed E-state index contributed by atoms with van der Waals surface area (Å²) in [4.78, 5) is 18.1. The van der Waals surface area contributed by atoms with Crippen LogP contribution in [0, 0.1) is 12.8 Å². The molecule has 1 N–H and O–H groups in total. The van der Waals surface area contributed by atoms with Crippen LogP contribution in [0.2, 0.25) is 0 Å². The highest BCUT2D eigenvalue weighted by molar-refractivity contribution is 5.92. The lowest BCUT2D eigenvalue weighted by Gasteiger charge is -2.34. The minimum atomic E-state index is -0.00894. The average molecular weight is 308 g/mol. The summed E-state index contributed by atoms with van der Waals surface area (Å²) in [7, 11) is 0. The molecule has 1 aromatic heterocycles. The second-order valence-corrected chi connectivity index (χ2v) is 4.92. The van der Waals surface area contributed by atoms with E-state index in [2.05, 4.69) is 10.3 Å². The first-order valence-corrected chi connectivity index (χ1v) is 6.18. The molecule has 2 fully saturated rings. The van der Waals surface area contributed by atoms with Gasteiger partial charge >= 0.3 is 0 Å². The number of aromatic nitrogens is 1. The summed E-state index contributed by atoms with van der Waals surface area (Å²) < 4.78 is 5.17. The maximum atomic E-state index is 12.2. The Kier molecular flexibility index (Phi) is 5.64. The summed E-state index contributed by atoms with van der Waals surface area (Å²) >= 11 is 0. The molecular weight excluding hydrogens is 289 g/mol. The van der Waals surface area contributed by atoms with Crippen LogP contribution < -0.4 is 5.32 Å². The van der Waals surface area contributed by atoms with E-state index >= 15 is 0 Å². The van der Waals surface area contributed by atoms with Gasteiger partial charge in [0.25, 0.3) is 5.91 Å². The summed E-state index contributed by atoms with van der Waals surface area (Å²) in [6, 6.07) is 0.606. The van der Waals surface area contributed by atoms with Gasteiger partial charge < -0.3 is 14.6 Å². The molecule has 7 heteroatoms. The van der Waals surface area contributed by atoms with Crippen LogP contribution in [0.15, 0.2) is 10.8 Å². The van der Waals surface area contributed by atoms with E-state index in [0.29, 0.717) is 23.4 Å². The molecule has 0 saturated carbocycles. The van der Waals surface area contributed by atoms with Crippen molar-refractivity contribution in [3.05, 3.63) is 17.8 Å². The molecule has 19 heavy (non-hydrogen) atoms. The van der Waals surface area contributed by atoms with E-state index < -0.39 is 0 Å². The summed E-state index contributed by atoms with van der Waals surface area (Å²) in [5.41, 5.74) is 0.682. The predicted octanol–water partition coefficient (Wildman–Crippen LogP) is 1.65. The van der Waals surface area contributed by atoms with Crippen molar-refractivity contribution in [2.75, 3.05) is 19.6 Å². The number of halogens is 2. The first-order chi connectivity index (χ1) is 8.25. The van der Waals surface area contributed by atoms with Crippen LogP contribution >= 0.6 is 24.8 Å². The fourth-order valence-corrected chi connectivity index (χ4v) is 2.88. The van der Waals surface area contributed by atoms with E-state index in [9.17, 15) is 4.79 Å². The molecule has 0 bridgehead atoms. The van der Waals surface area contributed by atoms with Crippen molar-refractivity contribution < 1.29 is 9.21 Å². The van der Waals surface area contributed by atoms with Crippen LogP contribution in [0.5, 0.6) is 0 Å². The number of nitrogens with zero attached hydrogens (tertiary/aromatic N) is 2. The monoisotopic (exact) mass is 307 g/mol. The summed E-state index contributed by atoms with van der Waals surface area (Å²) in [5, 5.41) is 3.49. The van der Waals surface area contributed by atoms with Gasteiger partial charge in [0, 0.05) is 19.1 Å². The number of amides is 1. The van der Waals surface area contributed by atoms with E-state index in [1.165, 1.54) is 12.8 Å². The van der Waals surface area contributed by atoms with Crippen LogP contribution in [0.1, 0.15) is 29.1 Å². The molecule has 1 amide bonds. The van der Waals surface area contributed by atoms with Crippen molar-refractivity contribution in [1.29, 1.82) is 0 Å². The third kappa shape index (κ3) is 3.04. The van der Waals surface area contributed by atoms with Crippen LogP contribution in [0.4, 0.5) is 0 Å². The number of carbonyl (C=O) groups is 1. The number of hydrogen-bond donors (Lipinski definition) is 1. The van der Waals surface area contributed by atoms with Gasteiger partial charge in [0.15, 0.2) is 6.39 Å². The molecule has 0 aliphatic carbocycles. The molecular formula is C12H19Cl2N3O2. The first-order valence-electron chi connectivity index (χ1n) is 6.18. The molecule has 2 aliphatic heterocycles. The average Bonchev–Trinajstić information content (AvgIpc) is 2.95. The minimum absolute atomic E-state index is 0. The standard InChI is InChI=1S/C12H17N3O2.2ClH/c1-8-11(17-7-14-8)12(16)15-5-3-10-9(6-15)2-4-13-10;;/h7,9-10,13H,2-6H2,1H3;2*1H. The molecule has 0 spiro atoms. The maximum absolute atomic E-state index is 12.2. The normalized spacial score (nSPS) is 25.2. The van der Waals surface area contributed by atoms with Gasteiger partial charge in [0.1, 0.15) is 0 Å². The SMILES string of the molecule is Cc1ncoc1C(=O)N1CCC2NCCC2C1.Cl.Cl. The fraction of sp³-hybridized carbons (Fsp3) is 0.667. The third-order valence-electron chi connectivity index (χ3n) is 3.88. The molecule has 1 aromatic rings. The topological polar surface area (TPSA) is 58.4 Å². The Morgan fingerprint density at radius 2 is 2.26 bits per heavy atom. The predicted molar refractivity (Wildman–Crippen MR) is 76.2 cm³/mol. The summed E-state index contributed by atoms with van der Waals surface area (Å²) in [5.74, 6) is 0.996. The quantitative estimate of drug-likeness (QED) is 0.857. The second kappa shape index (κ2) is 6.59. The van der Waals surface area contributed by atoms with Crippen molar-refractivity contribution in [2.45, 2.75) is 25.8 Å². The molecule has 2 atom stereocenters. The van der Waals surface area contributed by atoms with E-state index in [-0.39, 0.29) is 30.7 Å². The Morgan fingerprint density at radius 1 is 1.47 bits per heavy atom. The smallest absolute Gasteiger partial charge is 0.291 e. The Hall–Kier alpha value is -0.780. The number of oxazole rings is 1. The van der Waals surface area contributed by atoms with Crippen molar-refractivity contribution >= 4 is 30.7 Å². The van der Waals surface area contributed by atoms with Gasteiger partial charge in [0.05, 0.1) is 5.69 Å². The van der Waals surface area contributed by atoms with Gasteiger partial charge in [-0.1, -0.05) is 0 Å². The van der Waals surface area contributed by atoms with Crippen LogP contribution in [0.25, 0.3) is 0 Å². The Balaban J connectivity index is 0.000000902. The lowest BCUT2D eigenvalue weighted by Crippen LogP contribution is -2.46. The molecule has 0 radical (unpaired) electrons. The number of likely N-dealkylation sites (tertiary alicyclic amines) is 1. The highest BCUT2D eigenvalue weighted by Gasteiger charge is 2.35. The van der Waals surface area contributed by atoms with Gasteiger partial charge in [-0.2, -0.15) is 0 Å². The second-order valence-electron chi connectivity index (χ2n) is 4.92. The summed E-state index contributed by atoms with van der Waals surface area (Å²) in [6.07, 6.45) is 3.56. The number of carbonyl (C=O) groups excluding carboxylic acids is 1. The Bertz CT molecular complexity index is 438. The Labute approximate surface area is 124 Å². The zero-order valence-corrected chi connectivity index (χ0v) is 12.4. The largest absolute Gasteiger partial charge is 0.438 e. The van der Waals surface area contributed by atoms with E-state index in [0.717, 1.165) is 26.1 Å². The molecule has 2 aliphatic rings. The summed E-state index contributed by atoms with van der Waals surface area (Å²) in [6.45, 7) is 4.54. The molecule has 2 unspecified atom stereocenters. The number of piperidine rings is 1. The number of hydrogen-bond acceptors (Lipinski definition) is 4. The molecule has 2 saturated heterocycles. The van der Waals surface area contributed by atoms with Gasteiger partial charge in [0.2, 0.25) is 5.76 Å². The van der Waals surface area contributed by atoms with Crippen molar-refractivity contribution in [2.24, 2.45) is 5.92 Å². The number of rotatable bonds is 1. The Morgan fingerprint density at radius 3 is 2.95 bits per heavy atom. The van der Waals surface area contributed by atoms with E-state index in [4.69, 9.17) is 4.42 Å². The number of nitrogens with one attached hydrogen (secondary N) is 1. The molecule has 5 nitrogen and oxygen atoms in total. The van der Waals surface area contributed by atoms with E-state index in [1.807, 2.05) is 4.90 Å². The molecule has 3 rings (SSSR count). The van der Waals surface area contributed by atoms with Crippen LogP contribution in [0.3, 0.4) is 0 Å². The van der Waals surface area contributed by atoms with Crippen molar-refractivity contribution in [1.82, 2.24) is 15.2 Å². The van der Waals surface area contributed by atoms with Gasteiger partial charge in [-0.3, -0.25) is 4.79 Å². The molecule has 108 valence electrons. The van der Waals surface area contributed by atoms with Crippen LogP contribution in [-0.4, -0.2) is 41.5 Å². The lowest BCUT2D eigenvalue weighted by molar-refractivity contribution is 0.0629. The highest BCUT2D eigenvalue weighted by atomic mass is 35.5. The van der Waals surface area contributed by atoms with Crippen molar-refractivity contribution in [3.8, 4) is 0 Å². The van der Waals surface area contributed by atoms with Gasteiger partial charge in [-0.15, -0.1) is 24.8 Å². The zero-order valence-electron chi connectivity index (χ0n) is 10.8. The lowest BCUT2D eigenvalue weighted by atomic mass is 9.93. The highest BCUT2D eigenvalue weighted by Crippen LogP contribution is 2.25. The van der Waals surface area contributed by atoms with Crippen molar-refractivity contribution in [3.63, 3.8) is 0 Å². The maximum Gasteiger partial charge on any atom is 0.291 e. The fourth-order valence-electron chi connectivity index (χ4n) is 2.88. The van der Waals surface area contributed by atoms with Gasteiger partial charge in [-0.25, -0.2) is 4.98 Å². The van der Waals surface area contributed by atoms with Gasteiger partial charge in [-0.05, 0) is 32.2 Å². The number of aryl methyl sites for hydroxylation is 1. The zero-order chi connectivity index (χ0) is 11.8. The number of fused-ring (bicyclic) bond motifs is 1.